The lowest BCUT2D eigenvalue weighted by molar-refractivity contribution is -0.138. The van der Waals surface area contributed by atoms with Gasteiger partial charge in [-0.3, -0.25) is 4.79 Å². The van der Waals surface area contributed by atoms with Gasteiger partial charge in [0.05, 0.1) is 16.4 Å². The number of aromatic nitrogens is 2. The number of rotatable bonds is 4. The van der Waals surface area contributed by atoms with E-state index in [0.717, 1.165) is 41.9 Å². The van der Waals surface area contributed by atoms with Crippen molar-refractivity contribution in [1.82, 2.24) is 19.2 Å². The number of hydrogen-bond donors (Lipinski definition) is 0. The van der Waals surface area contributed by atoms with E-state index in [1.807, 2.05) is 4.90 Å². The van der Waals surface area contributed by atoms with Crippen molar-refractivity contribution in [2.45, 2.75) is 23.9 Å². The first-order valence-electron chi connectivity index (χ1n) is 10.6. The molecule has 0 saturated carbocycles. The molecule has 0 bridgehead atoms. The van der Waals surface area contributed by atoms with Crippen molar-refractivity contribution in [2.24, 2.45) is 5.92 Å². The molecule has 0 radical (unpaired) electrons. The molecule has 1 aromatic carbocycles. The van der Waals surface area contributed by atoms with Gasteiger partial charge in [-0.2, -0.15) is 17.5 Å². The van der Waals surface area contributed by atoms with Gasteiger partial charge in [0.2, 0.25) is 21.9 Å². The number of anilines is 1. The van der Waals surface area contributed by atoms with Crippen molar-refractivity contribution in [3.8, 4) is 0 Å². The second kappa shape index (κ2) is 9.26. The zero-order valence-corrected chi connectivity index (χ0v) is 18.6. The summed E-state index contributed by atoms with van der Waals surface area (Å²) in [5.74, 6) is 0.285. The maximum atomic E-state index is 13.1. The lowest BCUT2D eigenvalue weighted by Crippen LogP contribution is -2.53. The Morgan fingerprint density at radius 2 is 1.70 bits per heavy atom. The number of halogens is 3. The zero-order chi connectivity index (χ0) is 23.6. The molecule has 1 aromatic heterocycles. The fourth-order valence-electron chi connectivity index (χ4n) is 4.20. The van der Waals surface area contributed by atoms with Gasteiger partial charge in [0.25, 0.3) is 0 Å². The summed E-state index contributed by atoms with van der Waals surface area (Å²) in [5, 5.41) is 0. The van der Waals surface area contributed by atoms with E-state index in [9.17, 15) is 26.4 Å². The van der Waals surface area contributed by atoms with Crippen molar-refractivity contribution >= 4 is 21.9 Å². The molecular weight excluding hydrogens is 459 g/mol. The van der Waals surface area contributed by atoms with E-state index in [-0.39, 0.29) is 38.0 Å². The summed E-state index contributed by atoms with van der Waals surface area (Å²) in [6.45, 7) is 1.69. The Morgan fingerprint density at radius 1 is 1.00 bits per heavy atom. The molecular formula is C21H24F3N5O3S. The number of amides is 1. The second-order valence-electron chi connectivity index (χ2n) is 8.09. The fraction of sp³-hybridized carbons (Fsp3) is 0.476. The number of alkyl halides is 3. The highest BCUT2D eigenvalue weighted by Gasteiger charge is 2.36. The first-order valence-corrected chi connectivity index (χ1v) is 12.1. The topological polar surface area (TPSA) is 86.7 Å². The molecule has 33 heavy (non-hydrogen) atoms. The third kappa shape index (κ3) is 5.11. The second-order valence-corrected chi connectivity index (χ2v) is 10.0. The van der Waals surface area contributed by atoms with Gasteiger partial charge in [0.15, 0.2) is 0 Å². The SMILES string of the molecule is O=C([C@@H]1CCCN(c2ncccn2)C1)N1CCN(S(=O)(=O)c2cccc(C(F)(F)F)c2)CC1. The molecule has 3 heterocycles. The molecule has 0 spiro atoms. The highest BCUT2D eigenvalue weighted by atomic mass is 32.2. The van der Waals surface area contributed by atoms with Crippen LogP contribution in [0, 0.1) is 5.92 Å². The summed E-state index contributed by atoms with van der Waals surface area (Å²) in [4.78, 5) is 24.8. The number of sulfonamides is 1. The van der Waals surface area contributed by atoms with E-state index in [4.69, 9.17) is 0 Å². The van der Waals surface area contributed by atoms with Crippen LogP contribution in [0.2, 0.25) is 0 Å². The van der Waals surface area contributed by atoms with Gasteiger partial charge in [-0.05, 0) is 37.1 Å². The molecule has 2 aromatic rings. The summed E-state index contributed by atoms with van der Waals surface area (Å²) in [6, 6.07) is 5.45. The number of piperazine rings is 1. The maximum absolute atomic E-state index is 13.1. The van der Waals surface area contributed by atoms with Crippen LogP contribution in [0.3, 0.4) is 0 Å². The molecule has 1 atom stereocenters. The fourth-order valence-corrected chi connectivity index (χ4v) is 5.67. The highest BCUT2D eigenvalue weighted by Crippen LogP contribution is 2.31. The molecule has 2 saturated heterocycles. The minimum atomic E-state index is -4.63. The molecule has 8 nitrogen and oxygen atoms in total. The number of piperidine rings is 1. The van der Waals surface area contributed by atoms with E-state index in [0.29, 0.717) is 18.6 Å². The Morgan fingerprint density at radius 3 is 2.36 bits per heavy atom. The van der Waals surface area contributed by atoms with E-state index in [2.05, 4.69) is 9.97 Å². The number of carbonyl (C=O) groups excluding carboxylic acids is 1. The lowest BCUT2D eigenvalue weighted by atomic mass is 9.96. The van der Waals surface area contributed by atoms with Gasteiger partial charge in [-0.15, -0.1) is 0 Å². The molecule has 4 rings (SSSR count). The Bertz CT molecular complexity index is 1090. The Balaban J connectivity index is 1.39. The van der Waals surface area contributed by atoms with Crippen LogP contribution in [0.25, 0.3) is 0 Å². The predicted molar refractivity (Wildman–Crippen MR) is 114 cm³/mol. The van der Waals surface area contributed by atoms with Crippen LogP contribution >= 0.6 is 0 Å². The minimum absolute atomic E-state index is 0.0303. The average Bonchev–Trinajstić information content (AvgIpc) is 2.84. The minimum Gasteiger partial charge on any atom is -0.340 e. The largest absolute Gasteiger partial charge is 0.416 e. The smallest absolute Gasteiger partial charge is 0.340 e. The van der Waals surface area contributed by atoms with Gasteiger partial charge in [0.1, 0.15) is 0 Å². The van der Waals surface area contributed by atoms with E-state index >= 15 is 0 Å². The number of carbonyl (C=O) groups is 1. The van der Waals surface area contributed by atoms with Crippen molar-refractivity contribution in [2.75, 3.05) is 44.2 Å². The predicted octanol–water partition coefficient (Wildman–Crippen LogP) is 2.24. The molecule has 12 heteroatoms. The third-order valence-corrected chi connectivity index (χ3v) is 7.85. The van der Waals surface area contributed by atoms with Crippen LogP contribution in [-0.2, 0) is 21.0 Å². The highest BCUT2D eigenvalue weighted by molar-refractivity contribution is 7.89. The Hall–Kier alpha value is -2.73. The van der Waals surface area contributed by atoms with Gasteiger partial charge >= 0.3 is 6.18 Å². The molecule has 1 amide bonds. The molecule has 178 valence electrons. The third-order valence-electron chi connectivity index (χ3n) is 5.96. The van der Waals surface area contributed by atoms with Gasteiger partial charge in [-0.1, -0.05) is 6.07 Å². The van der Waals surface area contributed by atoms with E-state index < -0.39 is 26.7 Å². The molecule has 2 fully saturated rings. The maximum Gasteiger partial charge on any atom is 0.416 e. The standard InChI is InChI=1S/C21H24F3N5O3S/c22-21(23,24)17-5-1-6-18(14-17)33(31,32)29-12-10-27(11-13-29)19(30)16-4-2-9-28(15-16)20-25-7-3-8-26-20/h1,3,5-8,14,16H,2,4,9-13,15H2/t16-/m1/s1. The first-order chi connectivity index (χ1) is 15.7. The normalized spacial score (nSPS) is 20.6. The van der Waals surface area contributed by atoms with Crippen molar-refractivity contribution in [3.63, 3.8) is 0 Å². The molecule has 2 aliphatic heterocycles. The summed E-state index contributed by atoms with van der Waals surface area (Å²) in [6.07, 6.45) is 0.217. The molecule has 0 unspecified atom stereocenters. The van der Waals surface area contributed by atoms with Crippen LogP contribution in [0.4, 0.5) is 19.1 Å². The van der Waals surface area contributed by atoms with Crippen LogP contribution in [-0.4, -0.2) is 72.8 Å². The monoisotopic (exact) mass is 483 g/mol. The van der Waals surface area contributed by atoms with Gasteiger partial charge in [0, 0.05) is 51.7 Å². The Labute approximate surface area is 190 Å². The van der Waals surface area contributed by atoms with Gasteiger partial charge in [-0.25, -0.2) is 18.4 Å². The van der Waals surface area contributed by atoms with Crippen LogP contribution in [0.1, 0.15) is 18.4 Å². The number of hydrogen-bond acceptors (Lipinski definition) is 6. The van der Waals surface area contributed by atoms with E-state index in [1.54, 1.807) is 23.4 Å². The van der Waals surface area contributed by atoms with Crippen LogP contribution in [0.15, 0.2) is 47.6 Å². The number of benzene rings is 1. The Kier molecular flexibility index (Phi) is 6.57. The van der Waals surface area contributed by atoms with Crippen molar-refractivity contribution in [1.29, 1.82) is 0 Å². The van der Waals surface area contributed by atoms with Crippen LogP contribution < -0.4 is 4.90 Å². The van der Waals surface area contributed by atoms with E-state index in [1.165, 1.54) is 0 Å². The summed E-state index contributed by atoms with van der Waals surface area (Å²) in [5.41, 5.74) is -1.01. The molecule has 0 N–H and O–H groups in total. The summed E-state index contributed by atoms with van der Waals surface area (Å²) in [7, 11) is -4.09. The van der Waals surface area contributed by atoms with Crippen LogP contribution in [0.5, 0.6) is 0 Å². The van der Waals surface area contributed by atoms with Crippen molar-refractivity contribution in [3.05, 3.63) is 48.3 Å². The molecule has 0 aliphatic carbocycles. The van der Waals surface area contributed by atoms with Gasteiger partial charge < -0.3 is 9.80 Å². The first kappa shape index (κ1) is 23.4. The number of nitrogens with zero attached hydrogens (tertiary/aromatic N) is 5. The van der Waals surface area contributed by atoms with Crippen molar-refractivity contribution < 1.29 is 26.4 Å². The average molecular weight is 484 g/mol. The molecule has 2 aliphatic rings. The summed E-state index contributed by atoms with van der Waals surface area (Å²) >= 11 is 0. The quantitative estimate of drug-likeness (QED) is 0.663. The zero-order valence-electron chi connectivity index (χ0n) is 17.8. The lowest BCUT2D eigenvalue weighted by Gasteiger charge is -2.38. The summed E-state index contributed by atoms with van der Waals surface area (Å²) < 4.78 is 65.9.